The molecule has 0 atom stereocenters. The van der Waals surface area contributed by atoms with E-state index in [-0.39, 0.29) is 5.96 Å². The van der Waals surface area contributed by atoms with E-state index < -0.39 is 0 Å². The summed E-state index contributed by atoms with van der Waals surface area (Å²) in [5.74, 6) is 1.71. The molecule has 0 saturated heterocycles. The van der Waals surface area contributed by atoms with Crippen LogP contribution in [0.1, 0.15) is 11.3 Å². The Balaban J connectivity index is 2.40. The molecule has 0 bridgehead atoms. The highest BCUT2D eigenvalue weighted by molar-refractivity contribution is 7.98. The number of hydrogen-bond donors (Lipinski definition) is 2. The Morgan fingerprint density at radius 2 is 2.47 bits per heavy atom. The van der Waals surface area contributed by atoms with E-state index in [4.69, 9.17) is 16.7 Å². The molecule has 15 heavy (non-hydrogen) atoms. The van der Waals surface area contributed by atoms with Gasteiger partial charge in [0.25, 0.3) is 0 Å². The molecule has 0 aliphatic heterocycles. The zero-order valence-corrected chi connectivity index (χ0v) is 9.64. The van der Waals surface area contributed by atoms with Crippen LogP contribution in [0.25, 0.3) is 0 Å². The second-order valence-corrected chi connectivity index (χ2v) is 4.81. The topological polar surface area (TPSA) is 101 Å². The minimum absolute atomic E-state index is 0.0213. The van der Waals surface area contributed by atoms with Crippen molar-refractivity contribution in [2.45, 2.75) is 12.2 Å². The molecule has 80 valence electrons. The van der Waals surface area contributed by atoms with E-state index in [1.165, 1.54) is 11.3 Å². The third-order valence-electron chi connectivity index (χ3n) is 1.37. The summed E-state index contributed by atoms with van der Waals surface area (Å²) in [5, 5.41) is 8.92. The van der Waals surface area contributed by atoms with Crippen LogP contribution < -0.4 is 11.5 Å². The predicted molar refractivity (Wildman–Crippen MR) is 64.0 cm³/mol. The summed E-state index contributed by atoms with van der Waals surface area (Å²) in [6, 6.07) is 2.10. The molecule has 1 heterocycles. The van der Waals surface area contributed by atoms with Gasteiger partial charge in [-0.3, -0.25) is 0 Å². The Hall–Kier alpha value is -1.26. The minimum atomic E-state index is 0.0213. The number of hydrogen-bond acceptors (Lipinski definition) is 5. The number of nitrogens with two attached hydrogens (primary N) is 2. The van der Waals surface area contributed by atoms with E-state index in [0.29, 0.717) is 11.6 Å². The smallest absolute Gasteiger partial charge is 0.212 e. The summed E-state index contributed by atoms with van der Waals surface area (Å²) in [6.07, 6.45) is 2.33. The molecule has 0 unspecified atom stereocenters. The molecule has 0 aliphatic rings. The van der Waals surface area contributed by atoms with E-state index in [1.807, 2.05) is 0 Å². The lowest BCUT2D eigenvalue weighted by atomic mass is 10.6. The van der Waals surface area contributed by atoms with Crippen LogP contribution in [0.5, 0.6) is 0 Å². The minimum Gasteiger partial charge on any atom is -0.370 e. The van der Waals surface area contributed by atoms with Crippen LogP contribution in [0.3, 0.4) is 0 Å². The van der Waals surface area contributed by atoms with Crippen LogP contribution in [-0.2, 0) is 5.75 Å². The van der Waals surface area contributed by atoms with Crippen molar-refractivity contribution in [2.24, 2.45) is 16.5 Å². The maximum absolute atomic E-state index is 8.35. The molecular formula is C8H11N5S2. The van der Waals surface area contributed by atoms with Gasteiger partial charge in [-0.1, -0.05) is 11.3 Å². The van der Waals surface area contributed by atoms with Crippen LogP contribution >= 0.6 is 23.1 Å². The van der Waals surface area contributed by atoms with Gasteiger partial charge in [-0.2, -0.15) is 22.0 Å². The van der Waals surface area contributed by atoms with E-state index in [9.17, 15) is 0 Å². The first kappa shape index (κ1) is 11.8. The average molecular weight is 241 g/mol. The SMILES string of the molecule is N#CCCSCc1cnc(N=C(N)N)s1. The van der Waals surface area contributed by atoms with Gasteiger partial charge in [-0.05, 0) is 0 Å². The van der Waals surface area contributed by atoms with E-state index in [1.54, 1.807) is 18.0 Å². The second kappa shape index (κ2) is 6.27. The first-order chi connectivity index (χ1) is 7.22. The lowest BCUT2D eigenvalue weighted by Gasteiger charge is -1.92. The van der Waals surface area contributed by atoms with Crippen LogP contribution in [0.4, 0.5) is 5.13 Å². The lowest BCUT2D eigenvalue weighted by Crippen LogP contribution is -2.21. The van der Waals surface area contributed by atoms with Gasteiger partial charge in [-0.15, -0.1) is 0 Å². The number of aromatic nitrogens is 1. The number of rotatable bonds is 5. The fraction of sp³-hybridized carbons (Fsp3) is 0.375. The van der Waals surface area contributed by atoms with Gasteiger partial charge in [-0.25, -0.2) is 4.98 Å². The summed E-state index contributed by atoms with van der Waals surface area (Å²) < 4.78 is 0. The molecule has 0 spiro atoms. The van der Waals surface area contributed by atoms with Crippen LogP contribution in [0.2, 0.25) is 0 Å². The summed E-state index contributed by atoms with van der Waals surface area (Å²) in [7, 11) is 0. The summed E-state index contributed by atoms with van der Waals surface area (Å²) in [4.78, 5) is 9.00. The third-order valence-corrected chi connectivity index (χ3v) is 3.45. The van der Waals surface area contributed by atoms with E-state index >= 15 is 0 Å². The molecule has 0 aromatic carbocycles. The van der Waals surface area contributed by atoms with Gasteiger partial charge in [0.15, 0.2) is 5.96 Å². The van der Waals surface area contributed by atoms with Crippen molar-refractivity contribution >= 4 is 34.2 Å². The fourth-order valence-corrected chi connectivity index (χ4v) is 2.55. The standard InChI is InChI=1S/C8H11N5S2/c9-2-1-3-14-5-6-4-12-8(15-6)13-7(10)11/h4H,1,3,5H2,(H4,10,11,12,13). The zero-order chi connectivity index (χ0) is 11.1. The lowest BCUT2D eigenvalue weighted by molar-refractivity contribution is 1.23. The molecule has 0 amide bonds. The highest BCUT2D eigenvalue weighted by Crippen LogP contribution is 2.24. The Morgan fingerprint density at radius 1 is 1.67 bits per heavy atom. The molecule has 0 aliphatic carbocycles. The van der Waals surface area contributed by atoms with Gasteiger partial charge >= 0.3 is 0 Å². The van der Waals surface area contributed by atoms with Crippen LogP contribution in [0, 0.1) is 11.3 Å². The highest BCUT2D eigenvalue weighted by atomic mass is 32.2. The van der Waals surface area contributed by atoms with Crippen molar-refractivity contribution in [3.63, 3.8) is 0 Å². The van der Waals surface area contributed by atoms with Crippen molar-refractivity contribution in [2.75, 3.05) is 5.75 Å². The maximum atomic E-state index is 8.35. The summed E-state index contributed by atoms with van der Waals surface area (Å²) >= 11 is 3.16. The van der Waals surface area contributed by atoms with Crippen LogP contribution in [-0.4, -0.2) is 16.7 Å². The number of guanidine groups is 1. The monoisotopic (exact) mass is 241 g/mol. The molecule has 0 fully saturated rings. The fourth-order valence-electron chi connectivity index (χ4n) is 0.817. The van der Waals surface area contributed by atoms with Crippen LogP contribution in [0.15, 0.2) is 11.2 Å². The van der Waals surface area contributed by atoms with Gasteiger partial charge in [0, 0.05) is 29.0 Å². The van der Waals surface area contributed by atoms with Crippen molar-refractivity contribution in [3.05, 3.63) is 11.1 Å². The molecule has 7 heteroatoms. The quantitative estimate of drug-likeness (QED) is 0.458. The van der Waals surface area contributed by atoms with E-state index in [0.717, 1.165) is 16.4 Å². The maximum Gasteiger partial charge on any atom is 0.212 e. The molecule has 0 saturated carbocycles. The molecule has 1 aromatic rings. The van der Waals surface area contributed by atoms with Gasteiger partial charge in [0.05, 0.1) is 6.07 Å². The Bertz CT molecular complexity index is 375. The second-order valence-electron chi connectivity index (χ2n) is 2.61. The van der Waals surface area contributed by atoms with Gasteiger partial charge in [0.1, 0.15) is 0 Å². The van der Waals surface area contributed by atoms with Crippen molar-refractivity contribution in [3.8, 4) is 6.07 Å². The normalized spacial score (nSPS) is 9.53. The number of thioether (sulfide) groups is 1. The Kier molecular flexibility index (Phi) is 4.93. The van der Waals surface area contributed by atoms with Crippen molar-refractivity contribution in [1.29, 1.82) is 5.26 Å². The first-order valence-corrected chi connectivity index (χ1v) is 6.18. The molecule has 5 nitrogen and oxygen atoms in total. The van der Waals surface area contributed by atoms with Crippen molar-refractivity contribution < 1.29 is 0 Å². The molecule has 4 N–H and O–H groups in total. The number of thiazole rings is 1. The highest BCUT2D eigenvalue weighted by Gasteiger charge is 2.00. The first-order valence-electron chi connectivity index (χ1n) is 4.21. The van der Waals surface area contributed by atoms with E-state index in [2.05, 4.69) is 16.0 Å². The largest absolute Gasteiger partial charge is 0.370 e. The average Bonchev–Trinajstić information content (AvgIpc) is 2.59. The third kappa shape index (κ3) is 4.67. The number of aliphatic imine (C=N–C) groups is 1. The Morgan fingerprint density at radius 3 is 3.13 bits per heavy atom. The summed E-state index contributed by atoms with van der Waals surface area (Å²) in [5.41, 5.74) is 10.5. The number of nitriles is 1. The van der Waals surface area contributed by atoms with Crippen molar-refractivity contribution in [1.82, 2.24) is 4.98 Å². The molecule has 1 rings (SSSR count). The predicted octanol–water partition coefficient (Wildman–Crippen LogP) is 1.19. The Labute approximate surface area is 96.2 Å². The van der Waals surface area contributed by atoms with Gasteiger partial charge in [0.2, 0.25) is 5.13 Å². The zero-order valence-electron chi connectivity index (χ0n) is 8.01. The summed E-state index contributed by atoms with van der Waals surface area (Å²) in [6.45, 7) is 0. The molecule has 1 aromatic heterocycles. The van der Waals surface area contributed by atoms with Gasteiger partial charge < -0.3 is 11.5 Å². The molecule has 0 radical (unpaired) electrons. The number of nitrogens with zero attached hydrogens (tertiary/aromatic N) is 3. The molecular weight excluding hydrogens is 230 g/mol.